The fraction of sp³-hybridized carbons (Fsp3) is 0.286. The monoisotopic (exact) mass is 465 g/mol. The Morgan fingerprint density at radius 2 is 1.52 bits per heavy atom. The first kappa shape index (κ1) is 23.1. The van der Waals surface area contributed by atoms with Crippen LogP contribution in [0.15, 0.2) is 36.5 Å². The predicted molar refractivity (Wildman–Crippen MR) is 121 cm³/mol. The van der Waals surface area contributed by atoms with Crippen LogP contribution in [0.2, 0.25) is 0 Å². The quantitative estimate of drug-likeness (QED) is 0.412. The zero-order valence-electron chi connectivity index (χ0n) is 17.9. The summed E-state index contributed by atoms with van der Waals surface area (Å²) in [6.07, 6.45) is 1.78. The normalized spacial score (nSPS) is 11.7. The fourth-order valence-corrected chi connectivity index (χ4v) is 4.34. The molecule has 0 fully saturated rings. The van der Waals surface area contributed by atoms with E-state index in [0.29, 0.717) is 35.4 Å². The van der Waals surface area contributed by atoms with Crippen LogP contribution in [-0.4, -0.2) is 44.3 Å². The van der Waals surface area contributed by atoms with E-state index in [1.807, 2.05) is 18.2 Å². The second-order valence-electron chi connectivity index (χ2n) is 6.10. The summed E-state index contributed by atoms with van der Waals surface area (Å²) < 4.78 is 36.8. The van der Waals surface area contributed by atoms with Crippen molar-refractivity contribution in [1.82, 2.24) is 4.37 Å². The molecule has 1 heterocycles. The van der Waals surface area contributed by atoms with E-state index in [0.717, 1.165) is 21.6 Å². The van der Waals surface area contributed by atoms with Crippen LogP contribution >= 0.6 is 20.1 Å². The average molecular weight is 465 g/mol. The summed E-state index contributed by atoms with van der Waals surface area (Å²) in [6.45, 7) is 2.12. The van der Waals surface area contributed by atoms with E-state index >= 15 is 0 Å². The van der Waals surface area contributed by atoms with Crippen molar-refractivity contribution in [2.24, 2.45) is 0 Å². The van der Waals surface area contributed by atoms with E-state index in [9.17, 15) is 4.89 Å². The summed E-state index contributed by atoms with van der Waals surface area (Å²) in [4.78, 5) is 10.9. The minimum absolute atomic E-state index is 0.337. The largest absolute Gasteiger partial charge is 0.493 e. The van der Waals surface area contributed by atoms with E-state index < -0.39 is 8.60 Å². The van der Waals surface area contributed by atoms with Crippen LogP contribution in [-0.2, 0) is 4.52 Å². The summed E-state index contributed by atoms with van der Waals surface area (Å²) in [5.74, 6) is 2.49. The summed E-state index contributed by atoms with van der Waals surface area (Å²) in [7, 11) is 4.20. The topological polar surface area (TPSA) is 88.5 Å². The van der Waals surface area contributed by atoms with Gasteiger partial charge in [0.1, 0.15) is 0 Å². The second-order valence-corrected chi connectivity index (χ2v) is 7.81. The molecular formula is C21H24NO7PS. The first-order valence-corrected chi connectivity index (χ1v) is 11.2. The van der Waals surface area contributed by atoms with Crippen LogP contribution in [0, 0.1) is 0 Å². The number of ether oxygens (including phenoxy) is 4. The van der Waals surface area contributed by atoms with Crippen molar-refractivity contribution in [3.8, 4) is 50.3 Å². The molecule has 8 nitrogen and oxygen atoms in total. The van der Waals surface area contributed by atoms with E-state index in [1.54, 1.807) is 46.6 Å². The molecule has 0 radical (unpaired) electrons. The molecule has 10 heteroatoms. The van der Waals surface area contributed by atoms with E-state index in [1.165, 1.54) is 18.6 Å². The Morgan fingerprint density at radius 1 is 0.871 bits per heavy atom. The smallest absolute Gasteiger partial charge is 0.394 e. The summed E-state index contributed by atoms with van der Waals surface area (Å²) in [5, 5.41) is 0. The Kier molecular flexibility index (Phi) is 7.92. The van der Waals surface area contributed by atoms with Crippen molar-refractivity contribution in [2.45, 2.75) is 6.92 Å². The van der Waals surface area contributed by atoms with Gasteiger partial charge in [-0.1, -0.05) is 6.07 Å². The fourth-order valence-electron chi connectivity index (χ4n) is 3.00. The van der Waals surface area contributed by atoms with Gasteiger partial charge in [-0.3, -0.25) is 0 Å². The molecule has 1 atom stereocenters. The molecule has 1 aromatic heterocycles. The molecule has 0 amide bonds. The molecule has 1 N–H and O–H groups in total. The Hall–Kier alpha value is -2.58. The van der Waals surface area contributed by atoms with Crippen molar-refractivity contribution in [1.29, 1.82) is 0 Å². The van der Waals surface area contributed by atoms with Crippen LogP contribution in [0.5, 0.6) is 28.7 Å². The summed E-state index contributed by atoms with van der Waals surface area (Å²) in [6, 6.07) is 9.21. The van der Waals surface area contributed by atoms with Crippen LogP contribution in [0.3, 0.4) is 0 Å². The molecular weight excluding hydrogens is 441 g/mol. The molecule has 0 aliphatic heterocycles. The molecule has 2 aromatic carbocycles. The van der Waals surface area contributed by atoms with Crippen molar-refractivity contribution < 1.29 is 32.9 Å². The lowest BCUT2D eigenvalue weighted by Gasteiger charge is -2.15. The lowest BCUT2D eigenvalue weighted by atomic mass is 10.0. The average Bonchev–Trinajstić information content (AvgIpc) is 3.28. The highest BCUT2D eigenvalue weighted by atomic mass is 32.1. The molecule has 0 bridgehead atoms. The van der Waals surface area contributed by atoms with Gasteiger partial charge in [-0.15, -0.1) is 0 Å². The molecule has 0 saturated carbocycles. The number of rotatable bonds is 10. The molecule has 3 rings (SSSR count). The Bertz CT molecular complexity index is 1000. The van der Waals surface area contributed by atoms with Crippen molar-refractivity contribution in [3.05, 3.63) is 36.5 Å². The van der Waals surface area contributed by atoms with Crippen LogP contribution in [0.4, 0.5) is 0 Å². The van der Waals surface area contributed by atoms with Crippen molar-refractivity contribution in [3.63, 3.8) is 0 Å². The second kappa shape index (κ2) is 10.6. The minimum Gasteiger partial charge on any atom is -0.493 e. The van der Waals surface area contributed by atoms with Gasteiger partial charge in [0.05, 0.1) is 39.9 Å². The molecule has 0 aliphatic carbocycles. The number of hydrogen-bond acceptors (Lipinski definition) is 9. The van der Waals surface area contributed by atoms with Gasteiger partial charge in [0.15, 0.2) is 23.0 Å². The molecule has 31 heavy (non-hydrogen) atoms. The third kappa shape index (κ3) is 5.02. The number of nitrogens with zero attached hydrogens (tertiary/aromatic N) is 1. The Labute approximate surface area is 186 Å². The summed E-state index contributed by atoms with van der Waals surface area (Å²) in [5.41, 5.74) is 2.59. The van der Waals surface area contributed by atoms with E-state index in [2.05, 4.69) is 4.37 Å². The molecule has 166 valence electrons. The SMILES string of the molecule is CCOP(O)Oc1cc(-c2cnsc2-c2cc(OC)c(OC)c(OC)c2)ccc1OC. The van der Waals surface area contributed by atoms with Crippen molar-refractivity contribution in [2.75, 3.05) is 35.0 Å². The maximum Gasteiger partial charge on any atom is 0.394 e. The van der Waals surface area contributed by atoms with Gasteiger partial charge in [-0.2, -0.15) is 4.37 Å². The standard InChI is InChI=1S/C21H24NO7PS/c1-6-28-30(23)29-17-9-13(7-8-16(17)24-2)15-12-22-31-21(15)14-10-18(25-3)20(27-5)19(11-14)26-4/h7-12,23H,6H2,1-5H3. The number of benzene rings is 2. The van der Waals surface area contributed by atoms with Crippen LogP contribution in [0.25, 0.3) is 21.6 Å². The van der Waals surface area contributed by atoms with Crippen molar-refractivity contribution >= 4 is 20.1 Å². The predicted octanol–water partition coefficient (Wildman–Crippen LogP) is 5.15. The van der Waals surface area contributed by atoms with Crippen LogP contribution in [0.1, 0.15) is 6.92 Å². The lowest BCUT2D eigenvalue weighted by Crippen LogP contribution is -1.96. The molecule has 1 unspecified atom stereocenters. The Balaban J connectivity index is 2.06. The third-order valence-electron chi connectivity index (χ3n) is 4.39. The van der Waals surface area contributed by atoms with Gasteiger partial charge >= 0.3 is 8.60 Å². The highest BCUT2D eigenvalue weighted by Gasteiger charge is 2.20. The van der Waals surface area contributed by atoms with Gasteiger partial charge in [-0.05, 0) is 48.3 Å². The first-order valence-electron chi connectivity index (χ1n) is 9.29. The zero-order valence-corrected chi connectivity index (χ0v) is 19.6. The highest BCUT2D eigenvalue weighted by Crippen LogP contribution is 2.46. The highest BCUT2D eigenvalue weighted by molar-refractivity contribution is 7.41. The maximum atomic E-state index is 9.96. The van der Waals surface area contributed by atoms with Crippen LogP contribution < -0.4 is 23.5 Å². The van der Waals surface area contributed by atoms with Gasteiger partial charge in [0, 0.05) is 17.3 Å². The first-order chi connectivity index (χ1) is 15.1. The van der Waals surface area contributed by atoms with Gasteiger partial charge in [0.2, 0.25) is 5.75 Å². The molecule has 0 spiro atoms. The lowest BCUT2D eigenvalue weighted by molar-refractivity contribution is 0.270. The Morgan fingerprint density at radius 3 is 2.10 bits per heavy atom. The third-order valence-corrected chi connectivity index (χ3v) is 6.07. The van der Waals surface area contributed by atoms with Gasteiger partial charge < -0.3 is 32.9 Å². The zero-order chi connectivity index (χ0) is 22.4. The molecule has 0 aliphatic rings. The maximum absolute atomic E-state index is 9.96. The van der Waals surface area contributed by atoms with Gasteiger partial charge in [0.25, 0.3) is 0 Å². The molecule has 3 aromatic rings. The summed E-state index contributed by atoms with van der Waals surface area (Å²) >= 11 is 1.34. The minimum atomic E-state index is -2.06. The number of hydrogen-bond donors (Lipinski definition) is 1. The van der Waals surface area contributed by atoms with E-state index in [-0.39, 0.29) is 0 Å². The number of aromatic nitrogens is 1. The van der Waals surface area contributed by atoms with E-state index in [4.69, 9.17) is 28.0 Å². The molecule has 0 saturated heterocycles. The number of methoxy groups -OCH3 is 4. The van der Waals surface area contributed by atoms with Gasteiger partial charge in [-0.25, -0.2) is 0 Å².